The van der Waals surface area contributed by atoms with Crippen molar-refractivity contribution in [2.24, 2.45) is 0 Å². The summed E-state index contributed by atoms with van der Waals surface area (Å²) < 4.78 is 2.71. The Morgan fingerprint density at radius 3 is 2.80 bits per heavy atom. The zero-order valence-corrected chi connectivity index (χ0v) is 15.7. The Kier molecular flexibility index (Phi) is 4.91. The van der Waals surface area contributed by atoms with Crippen molar-refractivity contribution in [3.05, 3.63) is 44.0 Å². The first-order valence-corrected chi connectivity index (χ1v) is 9.20. The Bertz CT molecular complexity index is 1000. The second kappa shape index (κ2) is 6.97. The predicted octanol–water partition coefficient (Wildman–Crippen LogP) is 2.97. The third-order valence-corrected chi connectivity index (χ3v) is 5.12. The number of hydrogen-bond donors (Lipinski definition) is 1. The summed E-state index contributed by atoms with van der Waals surface area (Å²) >= 11 is 7.56. The Labute approximate surface area is 153 Å². The van der Waals surface area contributed by atoms with Crippen LogP contribution in [-0.2, 0) is 13.0 Å². The minimum absolute atomic E-state index is 0.0758. The molecule has 0 bridgehead atoms. The van der Waals surface area contributed by atoms with Crippen LogP contribution in [0, 0.1) is 6.92 Å². The van der Waals surface area contributed by atoms with E-state index < -0.39 is 5.91 Å². The first-order chi connectivity index (χ1) is 11.9. The van der Waals surface area contributed by atoms with Crippen LogP contribution in [0.5, 0.6) is 0 Å². The van der Waals surface area contributed by atoms with E-state index in [1.807, 2.05) is 13.0 Å². The zero-order chi connectivity index (χ0) is 18.1. The maximum absolute atomic E-state index is 12.7. The number of nitrogens with zero attached hydrogens (tertiary/aromatic N) is 4. The molecule has 0 saturated heterocycles. The normalized spacial score (nSPS) is 11.2. The average Bonchev–Trinajstić information content (AvgIpc) is 3.14. The fourth-order valence-electron chi connectivity index (χ4n) is 2.50. The van der Waals surface area contributed by atoms with Crippen molar-refractivity contribution < 1.29 is 4.79 Å². The zero-order valence-electron chi connectivity index (χ0n) is 14.2. The minimum atomic E-state index is -0.549. The number of rotatable bonds is 5. The van der Waals surface area contributed by atoms with E-state index in [0.717, 1.165) is 22.4 Å². The molecular weight excluding hydrogens is 362 g/mol. The highest BCUT2D eigenvalue weighted by Crippen LogP contribution is 2.22. The number of nitrogens with one attached hydrogen (secondary N) is 1. The highest BCUT2D eigenvalue weighted by molar-refractivity contribution is 7.18. The number of aryl methyl sites for hydroxylation is 3. The van der Waals surface area contributed by atoms with Crippen molar-refractivity contribution in [3.8, 4) is 0 Å². The standard InChI is InChI=1S/C16H18ClN5O2S/c1-4-6-10-7-11-15(25-10)18-9(3)22(16(11)24)20-14(23)13-12(17)8-21(5-2)19-13/h7-8H,4-6H2,1-3H3,(H,20,23). The highest BCUT2D eigenvalue weighted by atomic mass is 35.5. The molecule has 0 radical (unpaired) electrons. The Hall–Kier alpha value is -2.19. The lowest BCUT2D eigenvalue weighted by atomic mass is 10.2. The quantitative estimate of drug-likeness (QED) is 0.738. The van der Waals surface area contributed by atoms with Gasteiger partial charge in [-0.3, -0.25) is 19.7 Å². The molecule has 1 N–H and O–H groups in total. The smallest absolute Gasteiger partial charge is 0.271 e. The maximum Gasteiger partial charge on any atom is 0.292 e. The van der Waals surface area contributed by atoms with Crippen LogP contribution < -0.4 is 11.0 Å². The van der Waals surface area contributed by atoms with Gasteiger partial charge in [0.25, 0.3) is 11.5 Å². The van der Waals surface area contributed by atoms with Crippen LogP contribution >= 0.6 is 22.9 Å². The lowest BCUT2D eigenvalue weighted by Gasteiger charge is -2.09. The summed E-state index contributed by atoms with van der Waals surface area (Å²) in [5, 5.41) is 4.85. The van der Waals surface area contributed by atoms with Gasteiger partial charge in [-0.1, -0.05) is 24.9 Å². The van der Waals surface area contributed by atoms with Crippen LogP contribution in [0.4, 0.5) is 0 Å². The number of thiophene rings is 1. The molecule has 0 spiro atoms. The molecule has 132 valence electrons. The second-order valence-electron chi connectivity index (χ2n) is 5.60. The molecule has 0 fully saturated rings. The van der Waals surface area contributed by atoms with Gasteiger partial charge in [-0.05, 0) is 26.3 Å². The van der Waals surface area contributed by atoms with Crippen molar-refractivity contribution in [1.29, 1.82) is 0 Å². The molecule has 1 amide bonds. The molecule has 0 aromatic carbocycles. The van der Waals surface area contributed by atoms with Gasteiger partial charge in [-0.2, -0.15) is 5.10 Å². The Morgan fingerprint density at radius 2 is 2.16 bits per heavy atom. The first kappa shape index (κ1) is 17.6. The van der Waals surface area contributed by atoms with Crippen LogP contribution in [0.15, 0.2) is 17.1 Å². The van der Waals surface area contributed by atoms with Gasteiger partial charge in [-0.25, -0.2) is 9.66 Å². The molecular formula is C16H18ClN5O2S. The van der Waals surface area contributed by atoms with Crippen molar-refractivity contribution in [3.63, 3.8) is 0 Å². The van der Waals surface area contributed by atoms with Crippen LogP contribution in [0.25, 0.3) is 10.2 Å². The number of aromatic nitrogens is 4. The monoisotopic (exact) mass is 379 g/mol. The number of fused-ring (bicyclic) bond motifs is 1. The minimum Gasteiger partial charge on any atom is -0.271 e. The Balaban J connectivity index is 1.99. The fraction of sp³-hybridized carbons (Fsp3) is 0.375. The molecule has 3 heterocycles. The molecule has 0 saturated carbocycles. The molecule has 25 heavy (non-hydrogen) atoms. The number of hydrogen-bond acceptors (Lipinski definition) is 5. The summed E-state index contributed by atoms with van der Waals surface area (Å²) in [7, 11) is 0. The van der Waals surface area contributed by atoms with E-state index in [-0.39, 0.29) is 16.3 Å². The van der Waals surface area contributed by atoms with Gasteiger partial charge in [-0.15, -0.1) is 11.3 Å². The Morgan fingerprint density at radius 1 is 1.40 bits per heavy atom. The van der Waals surface area contributed by atoms with Crippen molar-refractivity contribution >= 4 is 39.1 Å². The molecule has 7 nitrogen and oxygen atoms in total. The van der Waals surface area contributed by atoms with Gasteiger partial charge in [0, 0.05) is 17.6 Å². The van der Waals surface area contributed by atoms with Crippen molar-refractivity contribution in [2.75, 3.05) is 5.43 Å². The van der Waals surface area contributed by atoms with Crippen molar-refractivity contribution in [1.82, 2.24) is 19.4 Å². The van der Waals surface area contributed by atoms with E-state index in [1.54, 1.807) is 17.8 Å². The van der Waals surface area contributed by atoms with Crippen LogP contribution in [0.3, 0.4) is 0 Å². The van der Waals surface area contributed by atoms with Gasteiger partial charge in [0.15, 0.2) is 5.69 Å². The largest absolute Gasteiger partial charge is 0.292 e. The van der Waals surface area contributed by atoms with E-state index in [2.05, 4.69) is 22.4 Å². The molecule has 3 aromatic heterocycles. The lowest BCUT2D eigenvalue weighted by Crippen LogP contribution is -2.35. The van der Waals surface area contributed by atoms with E-state index >= 15 is 0 Å². The summed E-state index contributed by atoms with van der Waals surface area (Å²) in [6, 6.07) is 1.85. The number of halogens is 1. The van der Waals surface area contributed by atoms with Gasteiger partial charge in [0.1, 0.15) is 10.7 Å². The number of amides is 1. The van der Waals surface area contributed by atoms with Crippen LogP contribution in [-0.4, -0.2) is 25.3 Å². The third-order valence-electron chi connectivity index (χ3n) is 3.75. The van der Waals surface area contributed by atoms with Crippen molar-refractivity contribution in [2.45, 2.75) is 40.2 Å². The summed E-state index contributed by atoms with van der Waals surface area (Å²) in [4.78, 5) is 31.4. The summed E-state index contributed by atoms with van der Waals surface area (Å²) in [6.07, 6.45) is 3.47. The number of carbonyl (C=O) groups is 1. The average molecular weight is 380 g/mol. The molecule has 9 heteroatoms. The molecule has 0 aliphatic heterocycles. The van der Waals surface area contributed by atoms with Gasteiger partial charge in [0.2, 0.25) is 0 Å². The van der Waals surface area contributed by atoms with E-state index in [9.17, 15) is 9.59 Å². The fourth-order valence-corrected chi connectivity index (χ4v) is 3.90. The van der Waals surface area contributed by atoms with E-state index in [1.165, 1.54) is 11.3 Å². The van der Waals surface area contributed by atoms with Gasteiger partial charge in [0.05, 0.1) is 10.4 Å². The van der Waals surface area contributed by atoms with Gasteiger partial charge < -0.3 is 0 Å². The summed E-state index contributed by atoms with van der Waals surface area (Å²) in [5.74, 6) is -0.144. The maximum atomic E-state index is 12.7. The molecule has 0 aliphatic rings. The topological polar surface area (TPSA) is 81.8 Å². The molecule has 0 unspecified atom stereocenters. The van der Waals surface area contributed by atoms with E-state index in [4.69, 9.17) is 11.6 Å². The van der Waals surface area contributed by atoms with E-state index in [0.29, 0.717) is 22.6 Å². The summed E-state index contributed by atoms with van der Waals surface area (Å²) in [5.41, 5.74) is 2.32. The third kappa shape index (κ3) is 3.32. The molecule has 0 atom stereocenters. The van der Waals surface area contributed by atoms with Crippen LogP contribution in [0.1, 0.15) is 41.5 Å². The molecule has 0 aliphatic carbocycles. The molecule has 3 aromatic rings. The lowest BCUT2D eigenvalue weighted by molar-refractivity contribution is 0.100. The molecule has 3 rings (SSSR count). The number of carbonyl (C=O) groups excluding carboxylic acids is 1. The van der Waals surface area contributed by atoms with Crippen LogP contribution in [0.2, 0.25) is 5.02 Å². The first-order valence-electron chi connectivity index (χ1n) is 8.01. The summed E-state index contributed by atoms with van der Waals surface area (Å²) in [6.45, 7) is 6.24. The predicted molar refractivity (Wildman–Crippen MR) is 99.2 cm³/mol. The SMILES string of the molecule is CCCc1cc2c(=O)n(NC(=O)c3nn(CC)cc3Cl)c(C)nc2s1. The second-order valence-corrected chi connectivity index (χ2v) is 7.13. The van der Waals surface area contributed by atoms with Gasteiger partial charge >= 0.3 is 0 Å². The highest BCUT2D eigenvalue weighted by Gasteiger charge is 2.18.